The van der Waals surface area contributed by atoms with E-state index in [1.165, 1.54) is 0 Å². The van der Waals surface area contributed by atoms with Crippen molar-refractivity contribution in [1.29, 1.82) is 0 Å². The number of fused-ring (bicyclic) bond motifs is 1. The van der Waals surface area contributed by atoms with E-state index in [0.717, 1.165) is 20.1 Å². The van der Waals surface area contributed by atoms with Crippen molar-refractivity contribution < 1.29 is 14.3 Å². The highest BCUT2D eigenvalue weighted by molar-refractivity contribution is 9.10. The topological polar surface area (TPSA) is 35.5 Å². The average Bonchev–Trinajstić information content (AvgIpc) is 2.98. The van der Waals surface area contributed by atoms with E-state index in [1.54, 1.807) is 24.3 Å². The van der Waals surface area contributed by atoms with Crippen LogP contribution in [-0.4, -0.2) is 5.78 Å². The fraction of sp³-hybridized carbons (Fsp3) is 0.0455. The summed E-state index contributed by atoms with van der Waals surface area (Å²) >= 11 is 6.90. The van der Waals surface area contributed by atoms with Gasteiger partial charge >= 0.3 is 0 Å². The smallest absolute Gasteiger partial charge is 0.231 e. The first-order valence-corrected chi connectivity index (χ1v) is 9.89. The SMILES string of the molecule is O=C1C(=Cc2ccccc2Br)Oc2cc(OCc3ccc(Br)cc3)ccc21. The van der Waals surface area contributed by atoms with E-state index in [4.69, 9.17) is 9.47 Å². The van der Waals surface area contributed by atoms with Crippen LogP contribution >= 0.6 is 31.9 Å². The molecule has 0 unspecified atom stereocenters. The molecule has 1 aliphatic rings. The van der Waals surface area contributed by atoms with Crippen molar-refractivity contribution in [3.63, 3.8) is 0 Å². The highest BCUT2D eigenvalue weighted by Crippen LogP contribution is 2.35. The van der Waals surface area contributed by atoms with E-state index in [1.807, 2.05) is 48.5 Å². The second kappa shape index (κ2) is 7.71. The Labute approximate surface area is 173 Å². The quantitative estimate of drug-likeness (QED) is 0.400. The van der Waals surface area contributed by atoms with E-state index in [-0.39, 0.29) is 5.78 Å². The van der Waals surface area contributed by atoms with Gasteiger partial charge < -0.3 is 9.47 Å². The molecule has 1 aliphatic heterocycles. The Morgan fingerprint density at radius 2 is 1.74 bits per heavy atom. The highest BCUT2D eigenvalue weighted by atomic mass is 79.9. The van der Waals surface area contributed by atoms with E-state index in [2.05, 4.69) is 31.9 Å². The minimum absolute atomic E-state index is 0.125. The molecule has 3 nitrogen and oxygen atoms in total. The van der Waals surface area contributed by atoms with Crippen molar-refractivity contribution in [1.82, 2.24) is 0 Å². The maximum Gasteiger partial charge on any atom is 0.231 e. The number of Topliss-reactive ketones (excluding diaryl/α,β-unsaturated/α-hetero) is 1. The minimum atomic E-state index is -0.125. The first-order valence-electron chi connectivity index (χ1n) is 8.30. The molecule has 4 rings (SSSR count). The number of hydrogen-bond acceptors (Lipinski definition) is 3. The second-order valence-electron chi connectivity index (χ2n) is 6.03. The van der Waals surface area contributed by atoms with Crippen molar-refractivity contribution >= 4 is 43.7 Å². The average molecular weight is 486 g/mol. The number of ether oxygens (including phenoxy) is 2. The summed E-state index contributed by atoms with van der Waals surface area (Å²) < 4.78 is 13.6. The highest BCUT2D eigenvalue weighted by Gasteiger charge is 2.27. The number of ketones is 1. The van der Waals surface area contributed by atoms with Gasteiger partial charge in [-0.2, -0.15) is 0 Å². The number of carbonyl (C=O) groups is 1. The summed E-state index contributed by atoms with van der Waals surface area (Å²) in [6.45, 7) is 0.444. The fourth-order valence-electron chi connectivity index (χ4n) is 2.74. The van der Waals surface area contributed by atoms with Gasteiger partial charge in [0.05, 0.1) is 5.56 Å². The van der Waals surface area contributed by atoms with Gasteiger partial charge in [0.2, 0.25) is 5.78 Å². The Hall–Kier alpha value is -2.37. The molecule has 134 valence electrons. The Bertz CT molecular complexity index is 1040. The molecule has 27 heavy (non-hydrogen) atoms. The fourth-order valence-corrected chi connectivity index (χ4v) is 3.40. The molecule has 0 spiro atoms. The van der Waals surface area contributed by atoms with Crippen LogP contribution in [0.5, 0.6) is 11.5 Å². The summed E-state index contributed by atoms with van der Waals surface area (Å²) in [6.07, 6.45) is 1.74. The Kier molecular flexibility index (Phi) is 5.14. The summed E-state index contributed by atoms with van der Waals surface area (Å²) in [5.74, 6) is 1.36. The molecule has 0 saturated heterocycles. The predicted molar refractivity (Wildman–Crippen MR) is 112 cm³/mol. The zero-order valence-corrected chi connectivity index (χ0v) is 17.3. The lowest BCUT2D eigenvalue weighted by atomic mass is 10.1. The van der Waals surface area contributed by atoms with E-state index in [0.29, 0.717) is 29.4 Å². The van der Waals surface area contributed by atoms with Crippen LogP contribution < -0.4 is 9.47 Å². The van der Waals surface area contributed by atoms with Gasteiger partial charge in [0.15, 0.2) is 5.76 Å². The third-order valence-electron chi connectivity index (χ3n) is 4.15. The van der Waals surface area contributed by atoms with Gasteiger partial charge in [-0.15, -0.1) is 0 Å². The van der Waals surface area contributed by atoms with E-state index < -0.39 is 0 Å². The molecular formula is C22H14Br2O3. The number of carbonyl (C=O) groups excluding carboxylic acids is 1. The molecule has 0 aliphatic carbocycles. The lowest BCUT2D eigenvalue weighted by Gasteiger charge is -2.07. The molecule has 0 bridgehead atoms. The third-order valence-corrected chi connectivity index (χ3v) is 5.40. The number of halogens is 2. The van der Waals surface area contributed by atoms with Crippen LogP contribution in [0, 0.1) is 0 Å². The van der Waals surface area contributed by atoms with Gasteiger partial charge in [0.1, 0.15) is 18.1 Å². The summed E-state index contributed by atoms with van der Waals surface area (Å²) in [4.78, 5) is 12.6. The normalized spacial score (nSPS) is 14.1. The predicted octanol–water partition coefficient (Wildman–Crippen LogP) is 6.41. The van der Waals surface area contributed by atoms with Crippen molar-refractivity contribution in [3.8, 4) is 11.5 Å². The third kappa shape index (κ3) is 3.99. The molecule has 3 aromatic carbocycles. The molecule has 5 heteroatoms. The second-order valence-corrected chi connectivity index (χ2v) is 7.80. The van der Waals surface area contributed by atoms with Crippen molar-refractivity contribution in [2.24, 2.45) is 0 Å². The van der Waals surface area contributed by atoms with E-state index in [9.17, 15) is 4.79 Å². The van der Waals surface area contributed by atoms with Crippen LogP contribution in [0.1, 0.15) is 21.5 Å². The Morgan fingerprint density at radius 3 is 2.52 bits per heavy atom. The number of benzene rings is 3. The number of allylic oxidation sites excluding steroid dienone is 1. The molecule has 0 saturated carbocycles. The van der Waals surface area contributed by atoms with Crippen molar-refractivity contribution in [2.45, 2.75) is 6.61 Å². The molecule has 1 heterocycles. The van der Waals surface area contributed by atoms with Crippen LogP contribution in [-0.2, 0) is 6.61 Å². The Morgan fingerprint density at radius 1 is 0.963 bits per heavy atom. The number of rotatable bonds is 4. The van der Waals surface area contributed by atoms with Crippen molar-refractivity contribution in [3.05, 3.63) is 98.1 Å². The molecule has 0 radical (unpaired) electrons. The summed E-state index contributed by atoms with van der Waals surface area (Å²) in [6, 6.07) is 20.9. The first-order chi connectivity index (χ1) is 13.1. The molecule has 0 N–H and O–H groups in total. The zero-order chi connectivity index (χ0) is 18.8. The van der Waals surface area contributed by atoms with Crippen molar-refractivity contribution in [2.75, 3.05) is 0 Å². The Balaban J connectivity index is 1.52. The van der Waals surface area contributed by atoms with Crippen LogP contribution in [0.2, 0.25) is 0 Å². The lowest BCUT2D eigenvalue weighted by Crippen LogP contribution is -1.98. The monoisotopic (exact) mass is 484 g/mol. The molecule has 0 amide bonds. The van der Waals surface area contributed by atoms with E-state index >= 15 is 0 Å². The summed E-state index contributed by atoms with van der Waals surface area (Å²) in [7, 11) is 0. The van der Waals surface area contributed by atoms with Crippen LogP contribution in [0.4, 0.5) is 0 Å². The largest absolute Gasteiger partial charge is 0.489 e. The molecule has 0 fully saturated rings. The van der Waals surface area contributed by atoms with Gasteiger partial charge in [-0.05, 0) is 47.5 Å². The van der Waals surface area contributed by atoms with Gasteiger partial charge in [-0.3, -0.25) is 4.79 Å². The van der Waals surface area contributed by atoms with Gasteiger partial charge in [0, 0.05) is 15.0 Å². The van der Waals surface area contributed by atoms with Crippen LogP contribution in [0.3, 0.4) is 0 Å². The number of hydrogen-bond donors (Lipinski definition) is 0. The summed E-state index contributed by atoms with van der Waals surface area (Å²) in [5, 5.41) is 0. The van der Waals surface area contributed by atoms with Crippen LogP contribution in [0.15, 0.2) is 81.4 Å². The zero-order valence-electron chi connectivity index (χ0n) is 14.1. The van der Waals surface area contributed by atoms with Gasteiger partial charge in [-0.1, -0.05) is 62.2 Å². The molecule has 0 atom stereocenters. The molecule has 3 aromatic rings. The maximum atomic E-state index is 12.6. The minimum Gasteiger partial charge on any atom is -0.489 e. The van der Waals surface area contributed by atoms with Crippen LogP contribution in [0.25, 0.3) is 6.08 Å². The maximum absolute atomic E-state index is 12.6. The summed E-state index contributed by atoms with van der Waals surface area (Å²) in [5.41, 5.74) is 2.50. The standard InChI is InChI=1S/C22H14Br2O3/c23-16-7-5-14(6-8-16)13-26-17-9-10-18-20(12-17)27-21(22(18)25)11-15-3-1-2-4-19(15)24/h1-12H,13H2. The first kappa shape index (κ1) is 18.0. The molecular weight excluding hydrogens is 472 g/mol. The molecule has 0 aromatic heterocycles. The van der Waals surface area contributed by atoms with Gasteiger partial charge in [-0.25, -0.2) is 0 Å². The van der Waals surface area contributed by atoms with Gasteiger partial charge in [0.25, 0.3) is 0 Å². The lowest BCUT2D eigenvalue weighted by molar-refractivity contribution is 0.101.